The zero-order chi connectivity index (χ0) is 96.2. The smallest absolute Gasteiger partial charge is 0.416 e. The lowest BCUT2D eigenvalue weighted by molar-refractivity contribution is -0.137. The molecule has 9 atom stereocenters. The van der Waals surface area contributed by atoms with E-state index in [-0.39, 0.29) is 148 Å². The number of methoxy groups -OCH3 is 3. The predicted octanol–water partition coefficient (Wildman–Crippen LogP) is 3.12. The van der Waals surface area contributed by atoms with Crippen LogP contribution in [0.25, 0.3) is 0 Å². The topological polar surface area (TPSA) is 510 Å². The van der Waals surface area contributed by atoms with E-state index in [9.17, 15) is 72.5 Å². The number of ether oxygens (including phenoxy) is 14. The Bertz CT molecular complexity index is 4620. The molecule has 0 bridgehead atoms. The minimum Gasteiger partial charge on any atom is -0.493 e. The summed E-state index contributed by atoms with van der Waals surface area (Å²) in [6, 6.07) is 4.41. The molecule has 5 aliphatic heterocycles. The van der Waals surface area contributed by atoms with Crippen LogP contribution in [0.4, 0.5) is 26.7 Å². The van der Waals surface area contributed by atoms with Gasteiger partial charge in [0.25, 0.3) is 23.6 Å². The largest absolute Gasteiger partial charge is 0.493 e. The average molecular weight is 1870 g/mol. The highest BCUT2D eigenvalue weighted by Crippen LogP contribution is 2.46. The van der Waals surface area contributed by atoms with E-state index in [0.29, 0.717) is 121 Å². The summed E-state index contributed by atoms with van der Waals surface area (Å²) in [6.45, 7) is 18.8. The van der Waals surface area contributed by atoms with Crippen LogP contribution in [0.1, 0.15) is 120 Å². The number of nitrogens with one attached hydrogen (secondary N) is 7. The summed E-state index contributed by atoms with van der Waals surface area (Å²) < 4.78 is 77.6. The van der Waals surface area contributed by atoms with Crippen molar-refractivity contribution in [2.75, 3.05) is 182 Å². The fourth-order valence-electron chi connectivity index (χ4n) is 14.3. The van der Waals surface area contributed by atoms with Crippen LogP contribution < -0.4 is 66.3 Å². The second-order valence-corrected chi connectivity index (χ2v) is 32.4. The molecular formula is C90H124N12O31. The molecule has 9 rings (SSSR count). The number of aliphatic hydroxyl groups excluding tert-OH is 2. The number of fused-ring (bicyclic) bond motifs is 4. The van der Waals surface area contributed by atoms with Crippen molar-refractivity contribution in [3.05, 3.63) is 113 Å². The zero-order valence-corrected chi connectivity index (χ0v) is 76.8. The van der Waals surface area contributed by atoms with Crippen molar-refractivity contribution in [1.82, 2.24) is 46.6 Å². The van der Waals surface area contributed by atoms with Gasteiger partial charge in [-0.1, -0.05) is 57.0 Å². The van der Waals surface area contributed by atoms with Crippen LogP contribution in [0, 0.1) is 11.8 Å². The first-order valence-corrected chi connectivity index (χ1v) is 44.1. The van der Waals surface area contributed by atoms with Crippen LogP contribution in [-0.4, -0.2) is 323 Å². The first-order valence-electron chi connectivity index (χ1n) is 44.1. The van der Waals surface area contributed by atoms with Gasteiger partial charge in [-0.3, -0.25) is 67.4 Å². The van der Waals surface area contributed by atoms with Crippen molar-refractivity contribution in [2.45, 2.75) is 155 Å². The van der Waals surface area contributed by atoms with Crippen LogP contribution in [0.2, 0.25) is 0 Å². The second kappa shape index (κ2) is 53.2. The Balaban J connectivity index is 0.690. The molecule has 133 heavy (non-hydrogen) atoms. The number of imide groups is 1. The van der Waals surface area contributed by atoms with Crippen molar-refractivity contribution >= 4 is 94.2 Å². The highest BCUT2D eigenvalue weighted by molar-refractivity contribution is 6.13. The summed E-state index contributed by atoms with van der Waals surface area (Å²) in [5.74, 6) is -7.12. The van der Waals surface area contributed by atoms with Crippen LogP contribution in [0.15, 0.2) is 95.9 Å². The molecule has 0 spiro atoms. The Hall–Kier alpha value is -11.7. The lowest BCUT2D eigenvalue weighted by atomic mass is 9.92. The Morgan fingerprint density at radius 3 is 1.27 bits per heavy atom. The van der Waals surface area contributed by atoms with Gasteiger partial charge >= 0.3 is 12.2 Å². The number of rotatable bonds is 57. The number of benzene rings is 3. The fourth-order valence-corrected chi connectivity index (χ4v) is 14.3. The van der Waals surface area contributed by atoms with Gasteiger partial charge in [0.1, 0.15) is 37.4 Å². The van der Waals surface area contributed by atoms with E-state index in [1.54, 1.807) is 84.3 Å². The first-order chi connectivity index (χ1) is 63.9. The van der Waals surface area contributed by atoms with Gasteiger partial charge < -0.3 is 124 Å². The van der Waals surface area contributed by atoms with E-state index in [1.165, 1.54) is 81.4 Å². The number of carbonyl (C=O) groups excluding carboxylic acids is 13. The number of anilines is 3. The van der Waals surface area contributed by atoms with Crippen molar-refractivity contribution in [1.29, 1.82) is 0 Å². The van der Waals surface area contributed by atoms with E-state index >= 15 is 0 Å². The van der Waals surface area contributed by atoms with E-state index in [4.69, 9.17) is 76.1 Å². The minimum absolute atomic E-state index is 0.0104. The molecule has 0 saturated heterocycles. The molecule has 1 aliphatic carbocycles. The molecule has 6 aliphatic rings. The van der Waals surface area contributed by atoms with Gasteiger partial charge in [-0.15, -0.1) is 0 Å². The Kier molecular flexibility index (Phi) is 42.0. The van der Waals surface area contributed by atoms with Crippen molar-refractivity contribution in [2.24, 2.45) is 11.8 Å². The summed E-state index contributed by atoms with van der Waals surface area (Å²) in [5.41, 5.74) is 1.96. The lowest BCUT2D eigenvalue weighted by Gasteiger charge is -2.33. The normalized spacial score (nSPS) is 18.1. The molecule has 3 aromatic rings. The van der Waals surface area contributed by atoms with E-state index < -0.39 is 133 Å². The standard InChI is InChI=1S/C90H124N12O31/c1-54(2)79(96-75(104)21-25-121-29-28-118-9)83(110)92-58(7)81(108)94-62-15-12-60(13-16-62)52-130-89(116)101-66-48-72(70(119-10)46-63(66)85(112)99-50-56(5)44-68(99)87(101)114)132-133-73-49-67-64(47-71(73)120-11)86(113)100-51-57(6)45-69(100)88(115)102(67)90(117)131-53-61-14-17-65(61)95-82(109)59(8)93-84(111)80(55(3)4)97-76(105)22-26-122-30-32-124-34-36-126-38-40-128-42-43-129-41-39-127-37-35-125-33-31-123-27-23-91-74(103)20-24-98-77(106)18-19-78(98)107/h12-16,18-19,46-51,54-55,58-59,65,68-69,79-80,87-88,114-115H,17,20-45,52-53H2,1-11H3,(H,91,103)(H,92,110)(H,93,111)(H,94,108)(H,95,109)(H,96,104)(H,97,105)/t58-,59-,65-,68+,69+,79-,80-,87+,88+/m1/s1. The van der Waals surface area contributed by atoms with Crippen molar-refractivity contribution in [3.63, 3.8) is 0 Å². The summed E-state index contributed by atoms with van der Waals surface area (Å²) in [6.07, 6.45) is 2.06. The van der Waals surface area contributed by atoms with Gasteiger partial charge in [0, 0.05) is 81.8 Å². The SMILES string of the molecule is COCCOCCC(=O)N[C@@H](C(=O)N[C@H](C)C(=O)Nc1ccc(COC(=O)N2c3cc(OOc4cc5c(cc4OC)C(=O)N4C=C(C)C[C@H]4[C@H](O)N5C(=O)OCC4=CC[C@H]4NC(=O)[C@@H](C)NC(=O)[C@H](NC(=O)CCOCCOCCOCCOCCOCCOCCOCCOCCNC(=O)CCN4C(=O)C=CC4=O)C(C)C)c(OC)cc3C(=O)N3C=C(C)C[C@H]3[C@@H]2O)cc1)C(C)C. The predicted molar refractivity (Wildman–Crippen MR) is 473 cm³/mol. The fraction of sp³-hybridized carbons (Fsp3) is 0.567. The molecule has 13 amide bonds. The maximum Gasteiger partial charge on any atom is 0.416 e. The Morgan fingerprint density at radius 1 is 0.459 bits per heavy atom. The van der Waals surface area contributed by atoms with Gasteiger partial charge in [-0.05, 0) is 94.2 Å². The van der Waals surface area contributed by atoms with Crippen molar-refractivity contribution < 1.29 is 149 Å². The van der Waals surface area contributed by atoms with Gasteiger partial charge in [0.05, 0.1) is 180 Å². The molecule has 730 valence electrons. The van der Waals surface area contributed by atoms with E-state index in [2.05, 4.69) is 37.2 Å². The summed E-state index contributed by atoms with van der Waals surface area (Å²) in [7, 11) is 4.08. The van der Waals surface area contributed by atoms with E-state index in [1.807, 2.05) is 0 Å². The number of hydrogen-bond acceptors (Lipinski definition) is 31. The average Bonchev–Trinajstić information content (AvgIpc) is 1.61. The number of hydrogen-bond donors (Lipinski definition) is 9. The zero-order valence-electron chi connectivity index (χ0n) is 76.8. The maximum atomic E-state index is 14.7. The van der Waals surface area contributed by atoms with Crippen LogP contribution in [-0.2, 0) is 107 Å². The van der Waals surface area contributed by atoms with Gasteiger partial charge in [-0.25, -0.2) is 19.4 Å². The molecule has 5 heterocycles. The number of nitrogens with zero attached hydrogens (tertiary/aromatic N) is 5. The van der Waals surface area contributed by atoms with Gasteiger partial charge in [-0.2, -0.15) is 0 Å². The second-order valence-electron chi connectivity index (χ2n) is 32.4. The Labute approximate surface area is 770 Å². The quantitative estimate of drug-likeness (QED) is 0.0129. The first kappa shape index (κ1) is 105. The molecule has 9 N–H and O–H groups in total. The summed E-state index contributed by atoms with van der Waals surface area (Å²) >= 11 is 0. The third-order valence-electron chi connectivity index (χ3n) is 21.7. The lowest BCUT2D eigenvalue weighted by Crippen LogP contribution is -2.56. The van der Waals surface area contributed by atoms with Crippen LogP contribution in [0.5, 0.6) is 23.0 Å². The van der Waals surface area contributed by atoms with Gasteiger partial charge in [0.2, 0.25) is 52.8 Å². The molecule has 0 saturated carbocycles. The maximum absolute atomic E-state index is 14.7. The third-order valence-corrected chi connectivity index (χ3v) is 21.7. The van der Waals surface area contributed by atoms with Gasteiger partial charge in [0.15, 0.2) is 24.0 Å². The molecule has 0 unspecified atom stereocenters. The number of carbonyl (C=O) groups is 13. The molecular weight excluding hydrogens is 1750 g/mol. The number of aliphatic hydroxyl groups is 2. The van der Waals surface area contributed by atoms with E-state index in [0.717, 1.165) is 20.3 Å². The number of amides is 13. The minimum atomic E-state index is -1.75. The molecule has 43 nitrogen and oxygen atoms in total. The van der Waals surface area contributed by atoms with Crippen molar-refractivity contribution in [3.8, 4) is 23.0 Å². The van der Waals surface area contributed by atoms with Crippen LogP contribution in [0.3, 0.4) is 0 Å². The van der Waals surface area contributed by atoms with Crippen LogP contribution >= 0.6 is 0 Å². The molecule has 0 fully saturated rings. The highest BCUT2D eigenvalue weighted by atomic mass is 17.2. The molecule has 3 aromatic carbocycles. The molecule has 43 heteroatoms. The summed E-state index contributed by atoms with van der Waals surface area (Å²) in [5, 5.41) is 43.5. The third kappa shape index (κ3) is 30.9. The Morgan fingerprint density at radius 2 is 0.865 bits per heavy atom. The molecule has 0 radical (unpaired) electrons. The monoisotopic (exact) mass is 1870 g/mol. The summed E-state index contributed by atoms with van der Waals surface area (Å²) in [4.78, 5) is 191. The highest BCUT2D eigenvalue weighted by Gasteiger charge is 2.48. The molecule has 0 aromatic heterocycles.